The van der Waals surface area contributed by atoms with Crippen molar-refractivity contribution in [1.29, 1.82) is 0 Å². The molecule has 0 radical (unpaired) electrons. The molecule has 0 aromatic rings. The van der Waals surface area contributed by atoms with E-state index < -0.39 is 5.41 Å². The van der Waals surface area contributed by atoms with Crippen LogP contribution in [0.3, 0.4) is 0 Å². The van der Waals surface area contributed by atoms with Gasteiger partial charge in [0.1, 0.15) is 0 Å². The van der Waals surface area contributed by atoms with Gasteiger partial charge in [-0.25, -0.2) is 0 Å². The Morgan fingerprint density at radius 2 is 1.50 bits per heavy atom. The average molecular weight is 254 g/mol. The number of esters is 2. The molecule has 0 aromatic carbocycles. The molecular weight excluding hydrogens is 232 g/mol. The molecule has 102 valence electrons. The number of carbonyl (C=O) groups is 2. The van der Waals surface area contributed by atoms with Crippen LogP contribution in [-0.4, -0.2) is 25.2 Å². The lowest BCUT2D eigenvalue weighted by Gasteiger charge is -2.48. The Labute approximate surface area is 108 Å². The quantitative estimate of drug-likeness (QED) is 0.558. The minimum Gasteiger partial charge on any atom is -0.465 e. The van der Waals surface area contributed by atoms with Crippen LogP contribution < -0.4 is 0 Å². The standard InChI is InChI=1S/C14H22O4/c1-3-17-12(15)14(13(16)18-4-2)8-11(9-14)10-6-5-7-10/h10-11H,3-9H2,1-2H3. The van der Waals surface area contributed by atoms with Crippen LogP contribution in [0.4, 0.5) is 0 Å². The van der Waals surface area contributed by atoms with Gasteiger partial charge >= 0.3 is 11.9 Å². The van der Waals surface area contributed by atoms with Crippen molar-refractivity contribution < 1.29 is 19.1 Å². The lowest BCUT2D eigenvalue weighted by Crippen LogP contribution is -2.54. The first-order chi connectivity index (χ1) is 8.64. The minimum atomic E-state index is -0.994. The molecule has 0 spiro atoms. The second kappa shape index (κ2) is 5.29. The maximum atomic E-state index is 12.0. The van der Waals surface area contributed by atoms with E-state index in [2.05, 4.69) is 0 Å². The molecule has 0 saturated heterocycles. The highest BCUT2D eigenvalue weighted by molar-refractivity contribution is 6.01. The Kier molecular flexibility index (Phi) is 3.93. The number of rotatable bonds is 5. The summed E-state index contributed by atoms with van der Waals surface area (Å²) in [5.41, 5.74) is -0.994. The first-order valence-electron chi connectivity index (χ1n) is 6.98. The maximum Gasteiger partial charge on any atom is 0.323 e. The lowest BCUT2D eigenvalue weighted by molar-refractivity contribution is -0.186. The van der Waals surface area contributed by atoms with Crippen LogP contribution in [0.5, 0.6) is 0 Å². The van der Waals surface area contributed by atoms with Crippen molar-refractivity contribution in [2.24, 2.45) is 17.3 Å². The van der Waals surface area contributed by atoms with E-state index in [0.29, 0.717) is 37.9 Å². The predicted octanol–water partition coefficient (Wildman–Crippen LogP) is 2.31. The van der Waals surface area contributed by atoms with E-state index in [1.165, 1.54) is 19.3 Å². The highest BCUT2D eigenvalue weighted by atomic mass is 16.6. The molecule has 2 rings (SSSR count). The van der Waals surface area contributed by atoms with Gasteiger partial charge < -0.3 is 9.47 Å². The Balaban J connectivity index is 2.01. The number of hydrogen-bond donors (Lipinski definition) is 0. The third-order valence-electron chi connectivity index (χ3n) is 4.37. The molecule has 2 fully saturated rings. The molecule has 18 heavy (non-hydrogen) atoms. The summed E-state index contributed by atoms with van der Waals surface area (Å²) >= 11 is 0. The van der Waals surface area contributed by atoms with E-state index >= 15 is 0 Å². The van der Waals surface area contributed by atoms with Gasteiger partial charge in [0.05, 0.1) is 13.2 Å². The van der Waals surface area contributed by atoms with Crippen molar-refractivity contribution in [2.45, 2.75) is 46.0 Å². The molecule has 2 aliphatic rings. The zero-order valence-corrected chi connectivity index (χ0v) is 11.2. The van der Waals surface area contributed by atoms with E-state index in [1.807, 2.05) is 0 Å². The van der Waals surface area contributed by atoms with E-state index in [-0.39, 0.29) is 11.9 Å². The zero-order valence-electron chi connectivity index (χ0n) is 11.2. The Bertz CT molecular complexity index is 307. The monoisotopic (exact) mass is 254 g/mol. The summed E-state index contributed by atoms with van der Waals surface area (Å²) in [7, 11) is 0. The van der Waals surface area contributed by atoms with Crippen LogP contribution in [-0.2, 0) is 19.1 Å². The van der Waals surface area contributed by atoms with Crippen LogP contribution in [0.1, 0.15) is 46.0 Å². The van der Waals surface area contributed by atoms with Crippen molar-refractivity contribution in [3.8, 4) is 0 Å². The van der Waals surface area contributed by atoms with Gasteiger partial charge in [-0.3, -0.25) is 9.59 Å². The summed E-state index contributed by atoms with van der Waals surface area (Å²) in [6.45, 7) is 4.15. The van der Waals surface area contributed by atoms with Gasteiger partial charge in [0.2, 0.25) is 0 Å². The summed E-state index contributed by atoms with van der Waals surface area (Å²) in [5, 5.41) is 0. The first-order valence-corrected chi connectivity index (χ1v) is 6.98. The average Bonchev–Trinajstić information content (AvgIpc) is 2.20. The maximum absolute atomic E-state index is 12.0. The highest BCUT2D eigenvalue weighted by Crippen LogP contribution is 2.54. The second-order valence-electron chi connectivity index (χ2n) is 5.38. The van der Waals surface area contributed by atoms with Gasteiger partial charge in [0.15, 0.2) is 5.41 Å². The fourth-order valence-electron chi connectivity index (χ4n) is 3.04. The fourth-order valence-corrected chi connectivity index (χ4v) is 3.04. The molecule has 0 amide bonds. The van der Waals surface area contributed by atoms with Crippen molar-refractivity contribution in [3.05, 3.63) is 0 Å². The van der Waals surface area contributed by atoms with Gasteiger partial charge in [-0.2, -0.15) is 0 Å². The highest BCUT2D eigenvalue weighted by Gasteiger charge is 2.60. The van der Waals surface area contributed by atoms with Crippen LogP contribution in [0.15, 0.2) is 0 Å². The zero-order chi connectivity index (χ0) is 13.2. The summed E-state index contributed by atoms with van der Waals surface area (Å²) in [6.07, 6.45) is 5.01. The third-order valence-corrected chi connectivity index (χ3v) is 4.37. The van der Waals surface area contributed by atoms with E-state index in [4.69, 9.17) is 9.47 Å². The molecular formula is C14H22O4. The molecule has 4 heteroatoms. The van der Waals surface area contributed by atoms with Gasteiger partial charge in [0.25, 0.3) is 0 Å². The summed E-state index contributed by atoms with van der Waals surface area (Å²) in [5.74, 6) is 0.438. The van der Waals surface area contributed by atoms with Crippen molar-refractivity contribution in [2.75, 3.05) is 13.2 Å². The molecule has 0 N–H and O–H groups in total. The third kappa shape index (κ3) is 2.13. The van der Waals surface area contributed by atoms with Gasteiger partial charge in [-0.05, 0) is 38.5 Å². The number of carbonyl (C=O) groups excluding carboxylic acids is 2. The van der Waals surface area contributed by atoms with Crippen LogP contribution in [0, 0.1) is 17.3 Å². The SMILES string of the molecule is CCOC(=O)C1(C(=O)OCC)CC(C2CCC2)C1. The van der Waals surface area contributed by atoms with Crippen LogP contribution in [0.25, 0.3) is 0 Å². The Morgan fingerprint density at radius 3 is 1.83 bits per heavy atom. The molecule has 0 aromatic heterocycles. The molecule has 2 aliphatic carbocycles. The first kappa shape index (κ1) is 13.4. The smallest absolute Gasteiger partial charge is 0.323 e. The second-order valence-corrected chi connectivity index (χ2v) is 5.38. The van der Waals surface area contributed by atoms with Gasteiger partial charge in [0, 0.05) is 0 Å². The van der Waals surface area contributed by atoms with Crippen LogP contribution >= 0.6 is 0 Å². The van der Waals surface area contributed by atoms with E-state index in [0.717, 1.165) is 0 Å². The molecule has 0 aliphatic heterocycles. The molecule has 0 bridgehead atoms. The van der Waals surface area contributed by atoms with E-state index in [9.17, 15) is 9.59 Å². The van der Waals surface area contributed by atoms with Gasteiger partial charge in [-0.1, -0.05) is 19.3 Å². The fraction of sp³-hybridized carbons (Fsp3) is 0.857. The summed E-state index contributed by atoms with van der Waals surface area (Å²) < 4.78 is 10.1. The normalized spacial score (nSPS) is 22.8. The topological polar surface area (TPSA) is 52.6 Å². The molecule has 2 saturated carbocycles. The molecule has 0 unspecified atom stereocenters. The number of hydrogen-bond acceptors (Lipinski definition) is 4. The van der Waals surface area contributed by atoms with Crippen molar-refractivity contribution >= 4 is 11.9 Å². The van der Waals surface area contributed by atoms with Gasteiger partial charge in [-0.15, -0.1) is 0 Å². The van der Waals surface area contributed by atoms with E-state index in [1.54, 1.807) is 13.8 Å². The Hall–Kier alpha value is -1.06. The largest absolute Gasteiger partial charge is 0.465 e. The molecule has 0 heterocycles. The van der Waals surface area contributed by atoms with Crippen LogP contribution in [0.2, 0.25) is 0 Å². The molecule has 0 atom stereocenters. The Morgan fingerprint density at radius 1 is 1.00 bits per heavy atom. The minimum absolute atomic E-state index is 0.314. The number of ether oxygens (including phenoxy) is 2. The molecule has 4 nitrogen and oxygen atoms in total. The predicted molar refractivity (Wildman–Crippen MR) is 65.8 cm³/mol. The summed E-state index contributed by atoms with van der Waals surface area (Å²) in [6, 6.07) is 0. The summed E-state index contributed by atoms with van der Waals surface area (Å²) in [4.78, 5) is 24.0. The van der Waals surface area contributed by atoms with Crippen molar-refractivity contribution in [1.82, 2.24) is 0 Å². The lowest BCUT2D eigenvalue weighted by atomic mass is 9.54. The van der Waals surface area contributed by atoms with Crippen molar-refractivity contribution in [3.63, 3.8) is 0 Å².